The minimum absolute atomic E-state index is 0.864. The maximum Gasteiger partial charge on any atom is 0.0403 e. The highest BCUT2D eigenvalue weighted by atomic mass is 79.9. The number of nitrogens with one attached hydrogen (secondary N) is 1. The van der Waals surface area contributed by atoms with Gasteiger partial charge in [0, 0.05) is 16.7 Å². The molecule has 2 heteroatoms. The summed E-state index contributed by atoms with van der Waals surface area (Å²) in [6.07, 6.45) is 0. The maximum absolute atomic E-state index is 3.47. The van der Waals surface area contributed by atoms with Crippen LogP contribution in [0.1, 0.15) is 16.7 Å². The van der Waals surface area contributed by atoms with Gasteiger partial charge < -0.3 is 5.32 Å². The van der Waals surface area contributed by atoms with Crippen molar-refractivity contribution in [1.82, 2.24) is 0 Å². The number of anilines is 1. The molecule has 2 aromatic carbocycles. The number of aryl methyl sites for hydroxylation is 2. The molecule has 0 saturated carbocycles. The van der Waals surface area contributed by atoms with Gasteiger partial charge in [0.25, 0.3) is 0 Å². The summed E-state index contributed by atoms with van der Waals surface area (Å²) in [6.45, 7) is 5.14. The lowest BCUT2D eigenvalue weighted by molar-refractivity contribution is 1.11. The summed E-state index contributed by atoms with van der Waals surface area (Å²) < 4.78 is 1.10. The summed E-state index contributed by atoms with van der Waals surface area (Å²) in [4.78, 5) is 0. The minimum atomic E-state index is 0.864. The lowest BCUT2D eigenvalue weighted by Crippen LogP contribution is -2.01. The summed E-state index contributed by atoms with van der Waals surface area (Å²) in [6, 6.07) is 14.8. The second kappa shape index (κ2) is 5.37. The standard InChI is InChI=1S/C15H16BrN/c1-11-6-7-13(12(2)8-11)10-17-15-5-3-4-14(16)9-15/h3-9,17H,10H2,1-2H3. The first-order valence-electron chi connectivity index (χ1n) is 5.71. The van der Waals surface area contributed by atoms with Crippen molar-refractivity contribution in [3.8, 4) is 0 Å². The molecule has 0 bridgehead atoms. The van der Waals surface area contributed by atoms with E-state index in [2.05, 4.69) is 65.4 Å². The van der Waals surface area contributed by atoms with E-state index in [-0.39, 0.29) is 0 Å². The van der Waals surface area contributed by atoms with Crippen LogP contribution in [0.3, 0.4) is 0 Å². The molecule has 0 saturated heterocycles. The number of benzene rings is 2. The SMILES string of the molecule is Cc1ccc(CNc2cccc(Br)c2)c(C)c1. The van der Waals surface area contributed by atoms with Gasteiger partial charge in [0.15, 0.2) is 0 Å². The lowest BCUT2D eigenvalue weighted by Gasteiger charge is -2.10. The van der Waals surface area contributed by atoms with E-state index in [4.69, 9.17) is 0 Å². The largest absolute Gasteiger partial charge is 0.381 e. The summed E-state index contributed by atoms with van der Waals surface area (Å²) in [5, 5.41) is 3.43. The molecule has 1 nitrogen and oxygen atoms in total. The maximum atomic E-state index is 3.47. The first-order valence-corrected chi connectivity index (χ1v) is 6.50. The molecule has 0 aliphatic rings. The molecule has 0 aromatic heterocycles. The van der Waals surface area contributed by atoms with Crippen LogP contribution in [0, 0.1) is 13.8 Å². The van der Waals surface area contributed by atoms with E-state index >= 15 is 0 Å². The lowest BCUT2D eigenvalue weighted by atomic mass is 10.1. The van der Waals surface area contributed by atoms with Crippen molar-refractivity contribution in [2.24, 2.45) is 0 Å². The van der Waals surface area contributed by atoms with Gasteiger partial charge in [-0.3, -0.25) is 0 Å². The van der Waals surface area contributed by atoms with Crippen molar-refractivity contribution in [2.75, 3.05) is 5.32 Å². The number of rotatable bonds is 3. The van der Waals surface area contributed by atoms with Crippen molar-refractivity contribution in [3.05, 3.63) is 63.6 Å². The molecule has 2 aromatic rings. The minimum Gasteiger partial charge on any atom is -0.381 e. The van der Waals surface area contributed by atoms with Gasteiger partial charge in [-0.05, 0) is 43.2 Å². The second-order valence-electron chi connectivity index (χ2n) is 4.29. The van der Waals surface area contributed by atoms with Crippen molar-refractivity contribution in [3.63, 3.8) is 0 Å². The third-order valence-electron chi connectivity index (χ3n) is 2.81. The predicted molar refractivity (Wildman–Crippen MR) is 77.4 cm³/mol. The Morgan fingerprint density at radius 2 is 1.88 bits per heavy atom. The molecule has 2 rings (SSSR count). The molecule has 1 N–H and O–H groups in total. The zero-order valence-electron chi connectivity index (χ0n) is 10.1. The molecule has 0 unspecified atom stereocenters. The highest BCUT2D eigenvalue weighted by molar-refractivity contribution is 9.10. The number of hydrogen-bond acceptors (Lipinski definition) is 1. The van der Waals surface area contributed by atoms with E-state index in [0.717, 1.165) is 16.7 Å². The Bertz CT molecular complexity index is 520. The highest BCUT2D eigenvalue weighted by Gasteiger charge is 1.99. The van der Waals surface area contributed by atoms with Gasteiger partial charge in [-0.1, -0.05) is 45.8 Å². The van der Waals surface area contributed by atoms with E-state index in [9.17, 15) is 0 Å². The van der Waals surface area contributed by atoms with Crippen LogP contribution in [0.25, 0.3) is 0 Å². The van der Waals surface area contributed by atoms with Gasteiger partial charge in [0.2, 0.25) is 0 Å². The molecule has 17 heavy (non-hydrogen) atoms. The van der Waals surface area contributed by atoms with Crippen LogP contribution in [0.4, 0.5) is 5.69 Å². The second-order valence-corrected chi connectivity index (χ2v) is 5.21. The molecule has 0 spiro atoms. The third-order valence-corrected chi connectivity index (χ3v) is 3.30. The first-order chi connectivity index (χ1) is 8.15. The average Bonchev–Trinajstić information content (AvgIpc) is 2.28. The van der Waals surface area contributed by atoms with E-state index in [0.29, 0.717) is 0 Å². The molecule has 0 aliphatic carbocycles. The van der Waals surface area contributed by atoms with E-state index in [1.165, 1.54) is 16.7 Å². The smallest absolute Gasteiger partial charge is 0.0403 e. The van der Waals surface area contributed by atoms with Crippen LogP contribution in [0.15, 0.2) is 46.9 Å². The summed E-state index contributed by atoms with van der Waals surface area (Å²) in [5.41, 5.74) is 5.14. The van der Waals surface area contributed by atoms with E-state index in [1.54, 1.807) is 0 Å². The zero-order valence-corrected chi connectivity index (χ0v) is 11.7. The van der Waals surface area contributed by atoms with Crippen molar-refractivity contribution in [1.29, 1.82) is 0 Å². The normalized spacial score (nSPS) is 10.3. The number of hydrogen-bond donors (Lipinski definition) is 1. The molecule has 0 amide bonds. The predicted octanol–water partition coefficient (Wildman–Crippen LogP) is 4.68. The van der Waals surface area contributed by atoms with E-state index in [1.807, 2.05) is 12.1 Å². The van der Waals surface area contributed by atoms with Crippen molar-refractivity contribution in [2.45, 2.75) is 20.4 Å². The Hall–Kier alpha value is -1.28. The Kier molecular flexibility index (Phi) is 3.85. The Labute approximate surface area is 111 Å². The van der Waals surface area contributed by atoms with Gasteiger partial charge in [-0.15, -0.1) is 0 Å². The monoisotopic (exact) mass is 289 g/mol. The highest BCUT2D eigenvalue weighted by Crippen LogP contribution is 2.17. The van der Waals surface area contributed by atoms with Gasteiger partial charge in [-0.2, -0.15) is 0 Å². The molecule has 0 aliphatic heterocycles. The van der Waals surface area contributed by atoms with Crippen LogP contribution in [-0.4, -0.2) is 0 Å². The average molecular weight is 290 g/mol. The molecular formula is C15H16BrN. The van der Waals surface area contributed by atoms with Gasteiger partial charge in [0.05, 0.1) is 0 Å². The molecular weight excluding hydrogens is 274 g/mol. The molecule has 0 heterocycles. The number of halogens is 1. The van der Waals surface area contributed by atoms with Crippen LogP contribution in [0.5, 0.6) is 0 Å². The fourth-order valence-corrected chi connectivity index (χ4v) is 2.24. The zero-order chi connectivity index (χ0) is 12.3. The summed E-state index contributed by atoms with van der Waals surface area (Å²) in [7, 11) is 0. The Morgan fingerprint density at radius 1 is 1.06 bits per heavy atom. The topological polar surface area (TPSA) is 12.0 Å². The van der Waals surface area contributed by atoms with Gasteiger partial charge >= 0.3 is 0 Å². The first kappa shape index (κ1) is 12.2. The van der Waals surface area contributed by atoms with E-state index < -0.39 is 0 Å². The Morgan fingerprint density at radius 3 is 2.59 bits per heavy atom. The van der Waals surface area contributed by atoms with Gasteiger partial charge in [-0.25, -0.2) is 0 Å². The molecule has 0 radical (unpaired) electrons. The molecule has 0 fully saturated rings. The van der Waals surface area contributed by atoms with Crippen molar-refractivity contribution < 1.29 is 0 Å². The van der Waals surface area contributed by atoms with Crippen LogP contribution < -0.4 is 5.32 Å². The van der Waals surface area contributed by atoms with Crippen LogP contribution >= 0.6 is 15.9 Å². The quantitative estimate of drug-likeness (QED) is 0.865. The summed E-state index contributed by atoms with van der Waals surface area (Å²) >= 11 is 3.47. The van der Waals surface area contributed by atoms with Crippen LogP contribution in [0.2, 0.25) is 0 Å². The van der Waals surface area contributed by atoms with Crippen LogP contribution in [-0.2, 0) is 6.54 Å². The summed E-state index contributed by atoms with van der Waals surface area (Å²) in [5.74, 6) is 0. The molecule has 0 atom stereocenters. The fourth-order valence-electron chi connectivity index (χ4n) is 1.84. The third kappa shape index (κ3) is 3.34. The molecule has 88 valence electrons. The van der Waals surface area contributed by atoms with Gasteiger partial charge in [0.1, 0.15) is 0 Å². The van der Waals surface area contributed by atoms with Crippen molar-refractivity contribution >= 4 is 21.6 Å². The Balaban J connectivity index is 2.07. The fraction of sp³-hybridized carbons (Fsp3) is 0.200.